The molecule has 1 aliphatic heterocycles. The Hall–Kier alpha value is -1.55. The molecule has 0 radical (unpaired) electrons. The zero-order valence-electron chi connectivity index (χ0n) is 11.1. The molecule has 2 rings (SSSR count). The van der Waals surface area contributed by atoms with Gasteiger partial charge in [-0.3, -0.25) is 4.79 Å². The van der Waals surface area contributed by atoms with Crippen LogP contribution >= 0.6 is 0 Å². The van der Waals surface area contributed by atoms with E-state index in [0.717, 1.165) is 31.2 Å². The molecular weight excluding hydrogens is 230 g/mol. The largest absolute Gasteiger partial charge is 0.492 e. The molecule has 0 bridgehead atoms. The number of ether oxygens (including phenoxy) is 2. The van der Waals surface area contributed by atoms with Crippen LogP contribution in [0.5, 0.6) is 11.5 Å². The molecule has 1 aromatic carbocycles. The summed E-state index contributed by atoms with van der Waals surface area (Å²) in [5, 5.41) is 3.49. The first kappa shape index (κ1) is 12.9. The summed E-state index contributed by atoms with van der Waals surface area (Å²) >= 11 is 0. The second-order valence-corrected chi connectivity index (χ2v) is 4.75. The first-order chi connectivity index (χ1) is 8.66. The Bertz CT molecular complexity index is 451. The Morgan fingerprint density at radius 2 is 2.00 bits per heavy atom. The maximum absolute atomic E-state index is 11.0. The lowest BCUT2D eigenvalue weighted by molar-refractivity contribution is 0.111. The lowest BCUT2D eigenvalue weighted by Gasteiger charge is -2.28. The maximum atomic E-state index is 11.0. The van der Waals surface area contributed by atoms with Crippen molar-refractivity contribution in [3.63, 3.8) is 0 Å². The number of benzene rings is 1. The first-order valence-electron chi connectivity index (χ1n) is 6.12. The van der Waals surface area contributed by atoms with E-state index >= 15 is 0 Å². The van der Waals surface area contributed by atoms with E-state index < -0.39 is 0 Å². The van der Waals surface area contributed by atoms with Crippen LogP contribution in [0.2, 0.25) is 0 Å². The van der Waals surface area contributed by atoms with Gasteiger partial charge in [0, 0.05) is 11.1 Å². The van der Waals surface area contributed by atoms with Gasteiger partial charge in [0.25, 0.3) is 0 Å². The molecule has 0 spiro atoms. The van der Waals surface area contributed by atoms with Gasteiger partial charge in [0.1, 0.15) is 0 Å². The third kappa shape index (κ3) is 1.97. The van der Waals surface area contributed by atoms with Crippen molar-refractivity contribution in [1.82, 2.24) is 5.32 Å². The fraction of sp³-hybridized carbons (Fsp3) is 0.500. The molecule has 1 aliphatic rings. The van der Waals surface area contributed by atoms with Gasteiger partial charge >= 0.3 is 0 Å². The lowest BCUT2D eigenvalue weighted by Crippen LogP contribution is -2.33. The molecule has 0 aliphatic carbocycles. The molecule has 1 aromatic rings. The summed E-state index contributed by atoms with van der Waals surface area (Å²) in [5.41, 5.74) is 1.45. The van der Waals surface area contributed by atoms with Gasteiger partial charge in [-0.1, -0.05) is 6.07 Å². The average Bonchev–Trinajstić information content (AvgIpc) is 2.84. The van der Waals surface area contributed by atoms with Crippen molar-refractivity contribution in [2.75, 3.05) is 20.8 Å². The van der Waals surface area contributed by atoms with Crippen molar-refractivity contribution in [2.45, 2.75) is 25.3 Å². The van der Waals surface area contributed by atoms with Crippen LogP contribution in [0.15, 0.2) is 12.1 Å². The second-order valence-electron chi connectivity index (χ2n) is 4.75. The fourth-order valence-electron chi connectivity index (χ4n) is 2.64. The third-order valence-corrected chi connectivity index (χ3v) is 3.64. The van der Waals surface area contributed by atoms with Gasteiger partial charge in [0.15, 0.2) is 17.8 Å². The minimum Gasteiger partial charge on any atom is -0.492 e. The highest BCUT2D eigenvalue weighted by Gasteiger charge is 2.34. The molecule has 1 unspecified atom stereocenters. The Morgan fingerprint density at radius 3 is 2.50 bits per heavy atom. The van der Waals surface area contributed by atoms with E-state index in [2.05, 4.69) is 12.2 Å². The molecule has 1 fully saturated rings. The van der Waals surface area contributed by atoms with E-state index in [1.807, 2.05) is 6.07 Å². The lowest BCUT2D eigenvalue weighted by atomic mass is 9.88. The number of rotatable bonds is 4. The first-order valence-corrected chi connectivity index (χ1v) is 6.12. The predicted octanol–water partition coefficient (Wildman–Crippen LogP) is 2.11. The van der Waals surface area contributed by atoms with E-state index in [9.17, 15) is 4.79 Å². The zero-order valence-corrected chi connectivity index (χ0v) is 11.1. The summed E-state index contributed by atoms with van der Waals surface area (Å²) in [6.45, 7) is 3.15. The van der Waals surface area contributed by atoms with Crippen molar-refractivity contribution >= 4 is 6.29 Å². The summed E-state index contributed by atoms with van der Waals surface area (Å²) in [5.74, 6) is 1.17. The summed E-state index contributed by atoms with van der Waals surface area (Å²) in [7, 11) is 3.16. The number of nitrogens with one attached hydrogen (secondary N) is 1. The second kappa shape index (κ2) is 4.98. The maximum Gasteiger partial charge on any atom is 0.171 e. The van der Waals surface area contributed by atoms with Crippen LogP contribution in [0.4, 0.5) is 0 Å². The Labute approximate surface area is 107 Å². The summed E-state index contributed by atoms with van der Waals surface area (Å²) in [6, 6.07) is 3.73. The molecule has 1 saturated heterocycles. The molecule has 1 atom stereocenters. The molecule has 4 heteroatoms. The monoisotopic (exact) mass is 249 g/mol. The van der Waals surface area contributed by atoms with E-state index in [4.69, 9.17) is 9.47 Å². The molecule has 18 heavy (non-hydrogen) atoms. The van der Waals surface area contributed by atoms with Gasteiger partial charge in [-0.25, -0.2) is 0 Å². The predicted molar refractivity (Wildman–Crippen MR) is 69.5 cm³/mol. The summed E-state index contributed by atoms with van der Waals surface area (Å²) in [6.07, 6.45) is 2.97. The molecule has 1 N–H and O–H groups in total. The van der Waals surface area contributed by atoms with Crippen molar-refractivity contribution in [2.24, 2.45) is 0 Å². The van der Waals surface area contributed by atoms with Gasteiger partial charge in [0.05, 0.1) is 19.8 Å². The Balaban J connectivity index is 2.57. The van der Waals surface area contributed by atoms with E-state index in [-0.39, 0.29) is 5.54 Å². The van der Waals surface area contributed by atoms with Crippen molar-refractivity contribution in [3.05, 3.63) is 23.3 Å². The van der Waals surface area contributed by atoms with Gasteiger partial charge in [0.2, 0.25) is 0 Å². The average molecular weight is 249 g/mol. The van der Waals surface area contributed by atoms with Crippen LogP contribution < -0.4 is 14.8 Å². The number of methoxy groups -OCH3 is 2. The number of carbonyl (C=O) groups excluding carboxylic acids is 1. The topological polar surface area (TPSA) is 47.6 Å². The third-order valence-electron chi connectivity index (χ3n) is 3.64. The molecule has 4 nitrogen and oxygen atoms in total. The van der Waals surface area contributed by atoms with E-state index in [1.54, 1.807) is 20.3 Å². The highest BCUT2D eigenvalue weighted by atomic mass is 16.5. The highest BCUT2D eigenvalue weighted by Crippen LogP contribution is 2.42. The van der Waals surface area contributed by atoms with Crippen molar-refractivity contribution in [3.8, 4) is 11.5 Å². The standard InChI is InChI=1S/C14H19NO3/c1-14(7-4-8-15-14)11-6-5-10(9-16)12(17-2)13(11)18-3/h5-6,9,15H,4,7-8H2,1-3H3. The molecule has 0 saturated carbocycles. The van der Waals surface area contributed by atoms with Gasteiger partial charge in [-0.05, 0) is 32.4 Å². The van der Waals surface area contributed by atoms with Crippen LogP contribution in [0, 0.1) is 0 Å². The normalized spacial score (nSPS) is 22.8. The molecule has 1 heterocycles. The van der Waals surface area contributed by atoms with E-state index in [0.29, 0.717) is 17.1 Å². The molecule has 0 aromatic heterocycles. The van der Waals surface area contributed by atoms with Crippen LogP contribution in [0.25, 0.3) is 0 Å². The Morgan fingerprint density at radius 1 is 1.28 bits per heavy atom. The summed E-state index contributed by atoms with van der Waals surface area (Å²) in [4.78, 5) is 11.0. The smallest absolute Gasteiger partial charge is 0.171 e. The van der Waals surface area contributed by atoms with E-state index in [1.165, 1.54) is 0 Å². The van der Waals surface area contributed by atoms with Crippen LogP contribution in [0.3, 0.4) is 0 Å². The van der Waals surface area contributed by atoms with Gasteiger partial charge < -0.3 is 14.8 Å². The number of carbonyl (C=O) groups is 1. The van der Waals surface area contributed by atoms with Crippen molar-refractivity contribution < 1.29 is 14.3 Å². The van der Waals surface area contributed by atoms with Crippen LogP contribution in [-0.4, -0.2) is 27.1 Å². The highest BCUT2D eigenvalue weighted by molar-refractivity contribution is 5.82. The number of hydrogen-bond acceptors (Lipinski definition) is 4. The SMILES string of the molecule is COc1c(C=O)ccc(C2(C)CCCN2)c1OC. The molecule has 98 valence electrons. The minimum absolute atomic E-state index is 0.111. The summed E-state index contributed by atoms with van der Waals surface area (Å²) < 4.78 is 10.8. The number of aldehydes is 1. The Kier molecular flexibility index (Phi) is 3.57. The van der Waals surface area contributed by atoms with Gasteiger partial charge in [-0.15, -0.1) is 0 Å². The quantitative estimate of drug-likeness (QED) is 0.830. The zero-order chi connectivity index (χ0) is 13.2. The fourth-order valence-corrected chi connectivity index (χ4v) is 2.64. The van der Waals surface area contributed by atoms with Crippen LogP contribution in [-0.2, 0) is 5.54 Å². The number of hydrogen-bond donors (Lipinski definition) is 1. The van der Waals surface area contributed by atoms with Crippen molar-refractivity contribution in [1.29, 1.82) is 0 Å². The molecule has 0 amide bonds. The minimum atomic E-state index is -0.111. The van der Waals surface area contributed by atoms with Gasteiger partial charge in [-0.2, -0.15) is 0 Å². The van der Waals surface area contributed by atoms with Crippen LogP contribution in [0.1, 0.15) is 35.7 Å². The molecular formula is C14H19NO3.